The van der Waals surface area contributed by atoms with E-state index in [1.807, 2.05) is 0 Å². The number of hydrogen-bond acceptors (Lipinski definition) is 4. The summed E-state index contributed by atoms with van der Waals surface area (Å²) in [6.45, 7) is 0. The molecule has 0 aromatic rings. The lowest BCUT2D eigenvalue weighted by Gasteiger charge is -1.93. The van der Waals surface area contributed by atoms with Gasteiger partial charge < -0.3 is 10.5 Å². The van der Waals surface area contributed by atoms with Crippen molar-refractivity contribution in [2.45, 2.75) is 0 Å². The second kappa shape index (κ2) is 4.93. The molecule has 0 rings (SSSR count). The number of carbonyl (C=O) groups excluding carboxylic acids is 1. The summed E-state index contributed by atoms with van der Waals surface area (Å²) < 4.78 is 4.34. The van der Waals surface area contributed by atoms with E-state index in [2.05, 4.69) is 4.74 Å². The van der Waals surface area contributed by atoms with E-state index >= 15 is 0 Å². The molecular formula is C4H9NO2S. The summed E-state index contributed by atoms with van der Waals surface area (Å²) in [6, 6.07) is 0. The minimum atomic E-state index is -0.222. The molecule has 48 valence electrons. The predicted molar refractivity (Wildman–Crippen MR) is 33.5 cm³/mol. The average molecular weight is 135 g/mol. The highest BCUT2D eigenvalue weighted by Gasteiger charge is 1.95. The number of rotatable bonds is 3. The molecule has 0 aromatic carbocycles. The van der Waals surface area contributed by atoms with Crippen molar-refractivity contribution in [3.63, 3.8) is 0 Å². The van der Waals surface area contributed by atoms with Gasteiger partial charge in [-0.15, -0.1) is 11.8 Å². The summed E-state index contributed by atoms with van der Waals surface area (Å²) in [5.74, 6) is 0.600. The van der Waals surface area contributed by atoms with Crippen LogP contribution in [0.15, 0.2) is 0 Å². The zero-order valence-corrected chi connectivity index (χ0v) is 5.53. The van der Waals surface area contributed by atoms with Crippen molar-refractivity contribution in [3.05, 3.63) is 0 Å². The predicted octanol–water partition coefficient (Wildman–Crippen LogP) is -0.191. The van der Waals surface area contributed by atoms with Crippen molar-refractivity contribution < 1.29 is 9.53 Å². The molecule has 0 aliphatic heterocycles. The van der Waals surface area contributed by atoms with Crippen LogP contribution in [0.25, 0.3) is 0 Å². The van der Waals surface area contributed by atoms with Gasteiger partial charge in [0.2, 0.25) is 0 Å². The highest BCUT2D eigenvalue weighted by Crippen LogP contribution is 1.93. The highest BCUT2D eigenvalue weighted by atomic mass is 32.2. The molecule has 0 bridgehead atoms. The summed E-state index contributed by atoms with van der Waals surface area (Å²) in [4.78, 5) is 10.3. The Labute approximate surface area is 52.6 Å². The molecule has 0 amide bonds. The van der Waals surface area contributed by atoms with Crippen molar-refractivity contribution in [2.75, 3.05) is 18.7 Å². The maximum atomic E-state index is 10.3. The topological polar surface area (TPSA) is 52.3 Å². The van der Waals surface area contributed by atoms with Crippen molar-refractivity contribution in [3.8, 4) is 0 Å². The highest BCUT2D eigenvalue weighted by molar-refractivity contribution is 7.99. The Bertz CT molecular complexity index is 76.4. The first-order chi connectivity index (χ1) is 3.81. The summed E-state index contributed by atoms with van der Waals surface area (Å²) >= 11 is 1.34. The summed E-state index contributed by atoms with van der Waals surface area (Å²) in [5.41, 5.74) is 5.09. The molecule has 0 spiro atoms. The molecule has 3 nitrogen and oxygen atoms in total. The van der Waals surface area contributed by atoms with Crippen molar-refractivity contribution >= 4 is 17.7 Å². The number of ether oxygens (including phenoxy) is 1. The van der Waals surface area contributed by atoms with Crippen molar-refractivity contribution in [2.24, 2.45) is 5.73 Å². The molecule has 8 heavy (non-hydrogen) atoms. The SMILES string of the molecule is COC(=O)CSCN. The van der Waals surface area contributed by atoms with E-state index < -0.39 is 0 Å². The maximum absolute atomic E-state index is 10.3. The van der Waals surface area contributed by atoms with Crippen LogP contribution in [-0.2, 0) is 9.53 Å². The summed E-state index contributed by atoms with van der Waals surface area (Å²) in [6.07, 6.45) is 0. The Kier molecular flexibility index (Phi) is 4.79. The van der Waals surface area contributed by atoms with Crippen LogP contribution in [-0.4, -0.2) is 24.7 Å². The maximum Gasteiger partial charge on any atom is 0.315 e. The van der Waals surface area contributed by atoms with Gasteiger partial charge in [-0.25, -0.2) is 0 Å². The van der Waals surface area contributed by atoms with E-state index in [0.717, 1.165) is 0 Å². The summed E-state index contributed by atoms with van der Waals surface area (Å²) in [7, 11) is 1.36. The van der Waals surface area contributed by atoms with Gasteiger partial charge in [0.25, 0.3) is 0 Å². The molecule has 0 atom stereocenters. The van der Waals surface area contributed by atoms with Gasteiger partial charge in [0.1, 0.15) is 0 Å². The van der Waals surface area contributed by atoms with Gasteiger partial charge >= 0.3 is 5.97 Å². The third-order valence-corrected chi connectivity index (χ3v) is 1.24. The van der Waals surface area contributed by atoms with Crippen LogP contribution in [0, 0.1) is 0 Å². The van der Waals surface area contributed by atoms with Gasteiger partial charge in [-0.3, -0.25) is 4.79 Å². The van der Waals surface area contributed by atoms with E-state index in [0.29, 0.717) is 11.6 Å². The molecule has 0 aromatic heterocycles. The molecule has 4 heteroatoms. The number of methoxy groups -OCH3 is 1. The Morgan fingerprint density at radius 2 is 2.50 bits per heavy atom. The first-order valence-corrected chi connectivity index (χ1v) is 3.31. The molecule has 0 aliphatic carbocycles. The minimum absolute atomic E-state index is 0.222. The molecule has 0 radical (unpaired) electrons. The fourth-order valence-corrected chi connectivity index (χ4v) is 0.604. The number of nitrogens with two attached hydrogens (primary N) is 1. The number of carbonyl (C=O) groups is 1. The van der Waals surface area contributed by atoms with E-state index in [9.17, 15) is 4.79 Å². The first-order valence-electron chi connectivity index (χ1n) is 2.16. The molecule has 0 unspecified atom stereocenters. The van der Waals surface area contributed by atoms with Gasteiger partial charge in [0, 0.05) is 5.88 Å². The standard InChI is InChI=1S/C4H9NO2S/c1-7-4(6)2-8-3-5/h2-3,5H2,1H3. The number of hydrogen-bond donors (Lipinski definition) is 1. The van der Waals surface area contributed by atoms with Crippen LogP contribution in [0.5, 0.6) is 0 Å². The lowest BCUT2D eigenvalue weighted by Crippen LogP contribution is -2.05. The Morgan fingerprint density at radius 1 is 1.88 bits per heavy atom. The van der Waals surface area contributed by atoms with Gasteiger partial charge in [0.05, 0.1) is 12.9 Å². The van der Waals surface area contributed by atoms with Crippen LogP contribution < -0.4 is 5.73 Å². The van der Waals surface area contributed by atoms with Crippen molar-refractivity contribution in [1.29, 1.82) is 0 Å². The zero-order chi connectivity index (χ0) is 6.41. The Morgan fingerprint density at radius 3 is 2.88 bits per heavy atom. The van der Waals surface area contributed by atoms with E-state index in [1.54, 1.807) is 0 Å². The molecule has 0 heterocycles. The zero-order valence-electron chi connectivity index (χ0n) is 4.72. The van der Waals surface area contributed by atoms with Gasteiger partial charge in [-0.2, -0.15) is 0 Å². The minimum Gasteiger partial charge on any atom is -0.468 e. The number of thioether (sulfide) groups is 1. The van der Waals surface area contributed by atoms with Gasteiger partial charge in [-0.1, -0.05) is 0 Å². The second-order valence-electron chi connectivity index (χ2n) is 1.09. The lowest BCUT2D eigenvalue weighted by molar-refractivity contribution is -0.137. The van der Waals surface area contributed by atoms with Crippen LogP contribution in [0.3, 0.4) is 0 Å². The molecule has 0 aliphatic rings. The van der Waals surface area contributed by atoms with E-state index in [1.165, 1.54) is 18.9 Å². The molecule has 0 fully saturated rings. The third-order valence-electron chi connectivity index (χ3n) is 0.565. The normalized spacial score (nSPS) is 8.75. The van der Waals surface area contributed by atoms with E-state index in [-0.39, 0.29) is 5.97 Å². The van der Waals surface area contributed by atoms with Crippen LogP contribution in [0.2, 0.25) is 0 Å². The molecular weight excluding hydrogens is 126 g/mol. The van der Waals surface area contributed by atoms with Crippen LogP contribution in [0.4, 0.5) is 0 Å². The van der Waals surface area contributed by atoms with Gasteiger partial charge in [0.15, 0.2) is 0 Å². The van der Waals surface area contributed by atoms with Gasteiger partial charge in [-0.05, 0) is 0 Å². The van der Waals surface area contributed by atoms with Crippen LogP contribution in [0.1, 0.15) is 0 Å². The Hall–Kier alpha value is -0.220. The van der Waals surface area contributed by atoms with Crippen LogP contribution >= 0.6 is 11.8 Å². The van der Waals surface area contributed by atoms with Crippen molar-refractivity contribution in [1.82, 2.24) is 0 Å². The average Bonchev–Trinajstić information content (AvgIpc) is 1.83. The van der Waals surface area contributed by atoms with E-state index in [4.69, 9.17) is 5.73 Å². The molecule has 0 saturated heterocycles. The fourth-order valence-electron chi connectivity index (χ4n) is 0.201. The smallest absolute Gasteiger partial charge is 0.315 e. The quantitative estimate of drug-likeness (QED) is 0.430. The second-order valence-corrected chi connectivity index (χ2v) is 2.12. The third kappa shape index (κ3) is 3.95. The molecule has 0 saturated carbocycles. The monoisotopic (exact) mass is 135 g/mol. The molecule has 2 N–H and O–H groups in total. The summed E-state index contributed by atoms with van der Waals surface area (Å²) in [5, 5.41) is 0. The largest absolute Gasteiger partial charge is 0.468 e. The lowest BCUT2D eigenvalue weighted by atomic mass is 10.8. The number of esters is 1. The first kappa shape index (κ1) is 7.78. The fraction of sp³-hybridized carbons (Fsp3) is 0.750. The Balaban J connectivity index is 2.99.